The van der Waals surface area contributed by atoms with E-state index < -0.39 is 0 Å². The minimum absolute atomic E-state index is 0.688. The molecule has 1 heterocycles. The molecular formula is C14H26N2. The second kappa shape index (κ2) is 4.30. The van der Waals surface area contributed by atoms with E-state index in [2.05, 4.69) is 11.8 Å². The first-order chi connectivity index (χ1) is 7.78. The van der Waals surface area contributed by atoms with Crippen molar-refractivity contribution in [3.63, 3.8) is 0 Å². The predicted molar refractivity (Wildman–Crippen MR) is 67.2 cm³/mol. The number of hydrogen-bond donors (Lipinski definition) is 1. The molecule has 2 bridgehead atoms. The highest BCUT2D eigenvalue weighted by molar-refractivity contribution is 4.98. The Morgan fingerprint density at radius 3 is 2.62 bits per heavy atom. The number of hydrogen-bond acceptors (Lipinski definition) is 2. The number of nitrogens with two attached hydrogens (primary N) is 1. The molecule has 3 aliphatic rings. The summed E-state index contributed by atoms with van der Waals surface area (Å²) in [6.07, 6.45) is 8.75. The van der Waals surface area contributed by atoms with Gasteiger partial charge in [-0.2, -0.15) is 0 Å². The van der Waals surface area contributed by atoms with Gasteiger partial charge < -0.3 is 5.73 Å². The van der Waals surface area contributed by atoms with Crippen LogP contribution in [0.25, 0.3) is 0 Å². The van der Waals surface area contributed by atoms with Crippen molar-refractivity contribution in [2.75, 3.05) is 13.1 Å². The fourth-order valence-corrected chi connectivity index (χ4v) is 4.56. The van der Waals surface area contributed by atoms with E-state index in [0.29, 0.717) is 6.04 Å². The van der Waals surface area contributed by atoms with Crippen molar-refractivity contribution in [3.8, 4) is 0 Å². The van der Waals surface area contributed by atoms with Gasteiger partial charge in [0.05, 0.1) is 0 Å². The van der Waals surface area contributed by atoms with Crippen LogP contribution in [0.2, 0.25) is 0 Å². The molecule has 3 fully saturated rings. The van der Waals surface area contributed by atoms with Gasteiger partial charge in [0.2, 0.25) is 0 Å². The maximum Gasteiger partial charge on any atom is 0.0224 e. The molecule has 0 spiro atoms. The van der Waals surface area contributed by atoms with Crippen LogP contribution < -0.4 is 5.73 Å². The summed E-state index contributed by atoms with van der Waals surface area (Å²) in [5.41, 5.74) is 5.98. The molecule has 3 rings (SSSR count). The van der Waals surface area contributed by atoms with Gasteiger partial charge in [-0.05, 0) is 56.4 Å². The molecule has 2 aliphatic carbocycles. The van der Waals surface area contributed by atoms with Gasteiger partial charge >= 0.3 is 0 Å². The van der Waals surface area contributed by atoms with Gasteiger partial charge in [-0.25, -0.2) is 0 Å². The molecule has 16 heavy (non-hydrogen) atoms. The molecule has 0 radical (unpaired) electrons. The fraction of sp³-hybridized carbons (Fsp3) is 1.00. The number of piperidine rings is 1. The number of rotatable bonds is 2. The molecule has 92 valence electrons. The summed E-state index contributed by atoms with van der Waals surface area (Å²) in [6, 6.07) is 1.59. The smallest absolute Gasteiger partial charge is 0.0224 e. The predicted octanol–water partition coefficient (Wildman–Crippen LogP) is 2.23. The summed E-state index contributed by atoms with van der Waals surface area (Å²) in [5.74, 6) is 2.98. The SMILES string of the molecule is CC1CCN(C2CC3CCC2C3)C(CN)C1. The highest BCUT2D eigenvalue weighted by Crippen LogP contribution is 2.47. The molecule has 5 unspecified atom stereocenters. The van der Waals surface area contributed by atoms with E-state index in [0.717, 1.165) is 30.3 Å². The molecule has 0 amide bonds. The zero-order valence-electron chi connectivity index (χ0n) is 10.6. The molecule has 5 atom stereocenters. The van der Waals surface area contributed by atoms with Crippen molar-refractivity contribution in [3.05, 3.63) is 0 Å². The Balaban J connectivity index is 1.69. The van der Waals surface area contributed by atoms with Crippen molar-refractivity contribution >= 4 is 0 Å². The van der Waals surface area contributed by atoms with E-state index in [-0.39, 0.29) is 0 Å². The van der Waals surface area contributed by atoms with E-state index in [1.165, 1.54) is 45.1 Å². The lowest BCUT2D eigenvalue weighted by molar-refractivity contribution is 0.0491. The largest absolute Gasteiger partial charge is 0.329 e. The second-order valence-corrected chi connectivity index (χ2v) is 6.50. The summed E-state index contributed by atoms with van der Waals surface area (Å²) in [6.45, 7) is 4.58. The lowest BCUT2D eigenvalue weighted by Crippen LogP contribution is -2.52. The normalized spacial score (nSPS) is 48.8. The summed E-state index contributed by atoms with van der Waals surface area (Å²) in [5, 5.41) is 0. The van der Waals surface area contributed by atoms with Gasteiger partial charge in [0.15, 0.2) is 0 Å². The van der Waals surface area contributed by atoms with Crippen molar-refractivity contribution in [2.24, 2.45) is 23.5 Å². The third-order valence-electron chi connectivity index (χ3n) is 5.42. The van der Waals surface area contributed by atoms with Gasteiger partial charge in [0, 0.05) is 18.6 Å². The highest BCUT2D eigenvalue weighted by Gasteiger charge is 2.44. The average Bonchev–Trinajstić information content (AvgIpc) is 2.90. The third-order valence-corrected chi connectivity index (χ3v) is 5.42. The third kappa shape index (κ3) is 1.80. The molecule has 1 aliphatic heterocycles. The number of fused-ring (bicyclic) bond motifs is 2. The Bertz CT molecular complexity index is 253. The van der Waals surface area contributed by atoms with Gasteiger partial charge in [0.25, 0.3) is 0 Å². The van der Waals surface area contributed by atoms with Crippen LogP contribution in [0, 0.1) is 17.8 Å². The fourth-order valence-electron chi connectivity index (χ4n) is 4.56. The monoisotopic (exact) mass is 222 g/mol. The van der Waals surface area contributed by atoms with E-state index in [1.54, 1.807) is 0 Å². The molecule has 2 nitrogen and oxygen atoms in total. The van der Waals surface area contributed by atoms with Crippen LogP contribution >= 0.6 is 0 Å². The van der Waals surface area contributed by atoms with Crippen LogP contribution in [0.1, 0.15) is 45.4 Å². The molecular weight excluding hydrogens is 196 g/mol. The maximum atomic E-state index is 5.98. The molecule has 0 aromatic carbocycles. The van der Waals surface area contributed by atoms with Crippen LogP contribution in [0.3, 0.4) is 0 Å². The number of nitrogens with zero attached hydrogens (tertiary/aromatic N) is 1. The van der Waals surface area contributed by atoms with Gasteiger partial charge in [0.1, 0.15) is 0 Å². The lowest BCUT2D eigenvalue weighted by Gasteiger charge is -2.44. The summed E-state index contributed by atoms with van der Waals surface area (Å²) in [4.78, 5) is 2.80. The molecule has 0 aromatic rings. The summed E-state index contributed by atoms with van der Waals surface area (Å²) < 4.78 is 0. The van der Waals surface area contributed by atoms with Gasteiger partial charge in [-0.3, -0.25) is 4.90 Å². The standard InChI is InChI=1S/C14H26N2/c1-10-4-5-16(13(6-10)9-15)14-8-11-2-3-12(14)7-11/h10-14H,2-9,15H2,1H3. The minimum atomic E-state index is 0.688. The van der Waals surface area contributed by atoms with Crippen LogP contribution in [0.15, 0.2) is 0 Å². The Morgan fingerprint density at radius 2 is 2.00 bits per heavy atom. The van der Waals surface area contributed by atoms with E-state index in [9.17, 15) is 0 Å². The van der Waals surface area contributed by atoms with Gasteiger partial charge in [-0.15, -0.1) is 0 Å². The second-order valence-electron chi connectivity index (χ2n) is 6.50. The Labute approximate surface area is 99.6 Å². The van der Waals surface area contributed by atoms with Crippen LogP contribution in [0.5, 0.6) is 0 Å². The zero-order valence-corrected chi connectivity index (χ0v) is 10.6. The molecule has 1 saturated heterocycles. The van der Waals surface area contributed by atoms with Crippen molar-refractivity contribution < 1.29 is 0 Å². The molecule has 0 aromatic heterocycles. The van der Waals surface area contributed by atoms with Gasteiger partial charge in [-0.1, -0.05) is 13.3 Å². The van der Waals surface area contributed by atoms with Crippen LogP contribution in [0.4, 0.5) is 0 Å². The summed E-state index contributed by atoms with van der Waals surface area (Å²) in [7, 11) is 0. The first kappa shape index (κ1) is 11.0. The van der Waals surface area contributed by atoms with Crippen LogP contribution in [-0.2, 0) is 0 Å². The highest BCUT2D eigenvalue weighted by atomic mass is 15.2. The van der Waals surface area contributed by atoms with Crippen molar-refractivity contribution in [1.29, 1.82) is 0 Å². The van der Waals surface area contributed by atoms with E-state index >= 15 is 0 Å². The van der Waals surface area contributed by atoms with Crippen molar-refractivity contribution in [2.45, 2.75) is 57.5 Å². The molecule has 2 N–H and O–H groups in total. The first-order valence-electron chi connectivity index (χ1n) is 7.23. The van der Waals surface area contributed by atoms with Crippen molar-refractivity contribution in [1.82, 2.24) is 4.90 Å². The lowest BCUT2D eigenvalue weighted by atomic mass is 9.86. The minimum Gasteiger partial charge on any atom is -0.329 e. The average molecular weight is 222 g/mol. The summed E-state index contributed by atoms with van der Waals surface area (Å²) >= 11 is 0. The zero-order chi connectivity index (χ0) is 11.1. The Hall–Kier alpha value is -0.0800. The van der Waals surface area contributed by atoms with E-state index in [1.807, 2.05) is 0 Å². The topological polar surface area (TPSA) is 29.3 Å². The quantitative estimate of drug-likeness (QED) is 0.776. The molecule has 2 heteroatoms. The van der Waals surface area contributed by atoms with E-state index in [4.69, 9.17) is 5.73 Å². The number of likely N-dealkylation sites (tertiary alicyclic amines) is 1. The Morgan fingerprint density at radius 1 is 1.12 bits per heavy atom. The maximum absolute atomic E-state index is 5.98. The van der Waals surface area contributed by atoms with Crippen LogP contribution in [-0.4, -0.2) is 30.1 Å². The Kier molecular flexibility index (Phi) is 2.97. The first-order valence-corrected chi connectivity index (χ1v) is 7.23. The molecule has 2 saturated carbocycles.